The summed E-state index contributed by atoms with van der Waals surface area (Å²) in [4.78, 5) is 4.44. The van der Waals surface area contributed by atoms with Gasteiger partial charge in [-0.05, 0) is 166 Å². The molecule has 10 rings (SSSR count). The van der Waals surface area contributed by atoms with Gasteiger partial charge in [-0.3, -0.25) is 0 Å². The molecule has 3 aliphatic rings. The zero-order chi connectivity index (χ0) is 42.4. The van der Waals surface area contributed by atoms with E-state index in [0.717, 1.165) is 51.7 Å². The van der Waals surface area contributed by atoms with Crippen LogP contribution in [0.4, 0.5) is 28.4 Å². The van der Waals surface area contributed by atoms with Gasteiger partial charge in [0, 0.05) is 34.1 Å². The first-order valence-electron chi connectivity index (χ1n) is 21.0. The van der Waals surface area contributed by atoms with E-state index in [1.807, 2.05) is 48.5 Å². The van der Waals surface area contributed by atoms with Crippen molar-refractivity contribution >= 4 is 34.0 Å². The Labute approximate surface area is 363 Å². The van der Waals surface area contributed by atoms with E-state index in [9.17, 15) is 10.5 Å². The average Bonchev–Trinajstić information content (AvgIpc) is 3.77. The van der Waals surface area contributed by atoms with Crippen LogP contribution in [0.2, 0.25) is 0 Å². The van der Waals surface area contributed by atoms with Crippen LogP contribution in [0.25, 0.3) is 16.7 Å². The Hall–Kier alpha value is -8.18. The van der Waals surface area contributed by atoms with Gasteiger partial charge < -0.3 is 9.80 Å². The molecule has 0 amide bonds. The maximum absolute atomic E-state index is 9.96. The van der Waals surface area contributed by atoms with E-state index < -0.39 is 5.41 Å². The Morgan fingerprint density at radius 3 is 1.76 bits per heavy atom. The molecule has 7 aromatic carbocycles. The highest BCUT2D eigenvalue weighted by Gasteiger charge is 2.53. The molecule has 0 unspecified atom stereocenters. The number of allylic oxidation sites excluding steroid dienone is 8. The summed E-state index contributed by atoms with van der Waals surface area (Å²) in [6, 6.07) is 61.9. The number of benzene rings is 7. The van der Waals surface area contributed by atoms with Crippen LogP contribution < -0.4 is 9.80 Å². The molecule has 62 heavy (non-hydrogen) atoms. The zero-order valence-corrected chi connectivity index (χ0v) is 34.7. The molecule has 1 spiro atoms. The van der Waals surface area contributed by atoms with Crippen molar-refractivity contribution in [2.45, 2.75) is 25.7 Å². The second kappa shape index (κ2) is 15.4. The third-order valence-corrected chi connectivity index (χ3v) is 12.4. The molecule has 3 aliphatic carbocycles. The number of nitrogens with zero attached hydrogens (tertiary/aromatic N) is 4. The lowest BCUT2D eigenvalue weighted by molar-refractivity contribution is 0.788. The zero-order valence-electron chi connectivity index (χ0n) is 34.7. The minimum atomic E-state index is -0.529. The second-order valence-corrected chi connectivity index (χ2v) is 16.2. The van der Waals surface area contributed by atoms with E-state index in [0.29, 0.717) is 11.1 Å². The Morgan fingerprint density at radius 1 is 0.581 bits per heavy atom. The number of hydrogen-bond acceptors (Lipinski definition) is 4. The molecule has 4 nitrogen and oxygen atoms in total. The average molecular weight is 795 g/mol. The number of fused-ring (bicyclic) bond motifs is 10. The van der Waals surface area contributed by atoms with Gasteiger partial charge in [-0.1, -0.05) is 116 Å². The lowest BCUT2D eigenvalue weighted by Crippen LogP contribution is -2.26. The molecule has 0 aromatic heterocycles. The van der Waals surface area contributed by atoms with Crippen molar-refractivity contribution in [1.82, 2.24) is 0 Å². The molecule has 0 N–H and O–H groups in total. The summed E-state index contributed by atoms with van der Waals surface area (Å²) in [7, 11) is 0. The molecular formula is C58H42N4. The van der Waals surface area contributed by atoms with Crippen molar-refractivity contribution in [3.8, 4) is 23.3 Å². The van der Waals surface area contributed by atoms with Gasteiger partial charge in [0.15, 0.2) is 0 Å². The monoisotopic (exact) mass is 794 g/mol. The fourth-order valence-corrected chi connectivity index (χ4v) is 9.81. The Morgan fingerprint density at radius 2 is 1.13 bits per heavy atom. The first-order valence-corrected chi connectivity index (χ1v) is 21.0. The second-order valence-electron chi connectivity index (χ2n) is 16.2. The summed E-state index contributed by atoms with van der Waals surface area (Å²) in [5.74, 6) is 0. The van der Waals surface area contributed by atoms with Crippen LogP contribution in [-0.4, -0.2) is 0 Å². The predicted octanol–water partition coefficient (Wildman–Crippen LogP) is 14.4. The Kier molecular flexibility index (Phi) is 9.48. The largest absolute Gasteiger partial charge is 0.310 e. The van der Waals surface area contributed by atoms with Gasteiger partial charge in [-0.2, -0.15) is 10.5 Å². The molecule has 0 heterocycles. The SMILES string of the molecule is C=C/C(=C\C=C1\C=C2C(=CC1)C1(c3cc(N(c4cccc(C)c4)c4cccc(C#N)c4)ccc32)c2ccccc2-c2ccccc21)N(c1cccc(C)c1)c1cccc(C#N)c1. The molecule has 4 heteroatoms. The van der Waals surface area contributed by atoms with E-state index >= 15 is 0 Å². The molecule has 7 aromatic rings. The van der Waals surface area contributed by atoms with E-state index in [1.165, 1.54) is 50.1 Å². The van der Waals surface area contributed by atoms with Gasteiger partial charge in [0.25, 0.3) is 0 Å². The Balaban J connectivity index is 1.16. The fourth-order valence-electron chi connectivity index (χ4n) is 9.81. The van der Waals surface area contributed by atoms with Gasteiger partial charge in [-0.25, -0.2) is 0 Å². The van der Waals surface area contributed by atoms with E-state index in [2.05, 4.69) is 188 Å². The van der Waals surface area contributed by atoms with Crippen molar-refractivity contribution in [2.75, 3.05) is 9.80 Å². The van der Waals surface area contributed by atoms with Gasteiger partial charge >= 0.3 is 0 Å². The van der Waals surface area contributed by atoms with Crippen LogP contribution in [0.5, 0.6) is 0 Å². The van der Waals surface area contributed by atoms with Crippen LogP contribution in [0.3, 0.4) is 0 Å². The van der Waals surface area contributed by atoms with Crippen molar-refractivity contribution < 1.29 is 0 Å². The number of nitriles is 2. The Bertz CT molecular complexity index is 3150. The highest BCUT2D eigenvalue weighted by molar-refractivity contribution is 6.02. The van der Waals surface area contributed by atoms with Gasteiger partial charge in [0.1, 0.15) is 0 Å². The molecule has 0 saturated carbocycles. The molecular weight excluding hydrogens is 753 g/mol. The summed E-state index contributed by atoms with van der Waals surface area (Å²) < 4.78 is 0. The topological polar surface area (TPSA) is 54.1 Å². The van der Waals surface area contributed by atoms with Crippen LogP contribution in [0, 0.1) is 36.5 Å². The maximum atomic E-state index is 9.96. The number of rotatable bonds is 8. The normalized spacial score (nSPS) is 14.7. The summed E-state index contributed by atoms with van der Waals surface area (Å²) in [6.07, 6.45) is 11.8. The number of anilines is 5. The van der Waals surface area contributed by atoms with Crippen LogP contribution in [-0.2, 0) is 5.41 Å². The molecule has 0 atom stereocenters. The number of aryl methyl sites for hydroxylation is 2. The first kappa shape index (κ1) is 38.0. The van der Waals surface area contributed by atoms with Crippen LogP contribution in [0.15, 0.2) is 218 Å². The highest BCUT2D eigenvalue weighted by atomic mass is 15.1. The molecule has 0 aliphatic heterocycles. The van der Waals surface area contributed by atoms with Gasteiger partial charge in [0.05, 0.1) is 28.7 Å². The molecule has 0 saturated heterocycles. The van der Waals surface area contributed by atoms with Crippen molar-refractivity contribution in [2.24, 2.45) is 0 Å². The van der Waals surface area contributed by atoms with Crippen LogP contribution >= 0.6 is 0 Å². The fraction of sp³-hybridized carbons (Fsp3) is 0.0690. The predicted molar refractivity (Wildman–Crippen MR) is 254 cm³/mol. The summed E-state index contributed by atoms with van der Waals surface area (Å²) in [6.45, 7) is 8.47. The highest BCUT2D eigenvalue weighted by Crippen LogP contribution is 2.65. The quantitative estimate of drug-likeness (QED) is 0.144. The molecule has 0 radical (unpaired) electrons. The minimum Gasteiger partial charge on any atom is -0.310 e. The number of hydrogen-bond donors (Lipinski definition) is 0. The van der Waals surface area contributed by atoms with Crippen molar-refractivity contribution in [1.29, 1.82) is 10.5 Å². The molecule has 0 fully saturated rings. The van der Waals surface area contributed by atoms with Gasteiger partial charge in [-0.15, -0.1) is 0 Å². The third kappa shape index (κ3) is 6.21. The van der Waals surface area contributed by atoms with Crippen molar-refractivity contribution in [3.05, 3.63) is 262 Å². The third-order valence-electron chi connectivity index (χ3n) is 12.4. The standard InChI is InChI=1S/C58H42N4/c1-4-44(61(45-17-9-13-39(2)31-45)47-19-11-15-42(33-47)37-59)27-25-41-26-30-56-53(35-41)52-29-28-49(62(46-18-10-14-40(3)32-46)48-20-12-16-43(34-48)38-60)36-57(52)58(56)54-23-7-5-21-50(54)51-22-6-8-24-55(51)58/h4-25,27-36H,1,26H2,2-3H3/b41-25+,44-27+. The minimum absolute atomic E-state index is 0.529. The summed E-state index contributed by atoms with van der Waals surface area (Å²) >= 11 is 0. The molecule has 294 valence electrons. The lowest BCUT2D eigenvalue weighted by Gasteiger charge is -2.33. The summed E-state index contributed by atoms with van der Waals surface area (Å²) in [5, 5.41) is 19.8. The van der Waals surface area contributed by atoms with E-state index in [1.54, 1.807) is 0 Å². The van der Waals surface area contributed by atoms with E-state index in [4.69, 9.17) is 0 Å². The molecule has 0 bridgehead atoms. The summed E-state index contributed by atoms with van der Waals surface area (Å²) in [5.41, 5.74) is 20.0. The van der Waals surface area contributed by atoms with Crippen LogP contribution in [0.1, 0.15) is 50.9 Å². The van der Waals surface area contributed by atoms with E-state index in [-0.39, 0.29) is 0 Å². The smallest absolute Gasteiger partial charge is 0.0992 e. The van der Waals surface area contributed by atoms with Crippen molar-refractivity contribution in [3.63, 3.8) is 0 Å². The van der Waals surface area contributed by atoms with Gasteiger partial charge in [0.2, 0.25) is 0 Å². The first-order chi connectivity index (χ1) is 30.4. The lowest BCUT2D eigenvalue weighted by atomic mass is 9.69. The maximum Gasteiger partial charge on any atom is 0.0992 e.